The molecule has 0 aliphatic heterocycles. The van der Waals surface area contributed by atoms with Gasteiger partial charge in [-0.3, -0.25) is 9.59 Å². The zero-order valence-electron chi connectivity index (χ0n) is 11.8. The number of carboxylic acids is 2. The Hall–Kier alpha value is -2.32. The number of H-pyrrole nitrogens is 1. The minimum atomic E-state index is -1.01. The largest absolute Gasteiger partial charge is 0.481 e. The van der Waals surface area contributed by atoms with Crippen LogP contribution in [0.3, 0.4) is 0 Å². The molecule has 0 aliphatic carbocycles. The lowest BCUT2D eigenvalue weighted by Crippen LogP contribution is -2.32. The van der Waals surface area contributed by atoms with Gasteiger partial charge in [0, 0.05) is 12.6 Å². The van der Waals surface area contributed by atoms with Gasteiger partial charge in [0.25, 0.3) is 0 Å². The van der Waals surface area contributed by atoms with Crippen molar-refractivity contribution < 1.29 is 19.8 Å². The van der Waals surface area contributed by atoms with Gasteiger partial charge < -0.3 is 20.9 Å². The molecule has 0 saturated heterocycles. The number of carbonyl (C=O) groups is 2. The van der Waals surface area contributed by atoms with Gasteiger partial charge in [-0.15, -0.1) is 0 Å². The number of nitrogens with two attached hydrogens (primary N) is 1. The van der Waals surface area contributed by atoms with E-state index in [4.69, 9.17) is 15.9 Å². The van der Waals surface area contributed by atoms with E-state index < -0.39 is 18.0 Å². The maximum Gasteiger partial charge on any atom is 0.320 e. The molecule has 0 bridgehead atoms. The van der Waals surface area contributed by atoms with Gasteiger partial charge in [-0.25, -0.2) is 4.98 Å². The second kappa shape index (κ2) is 10.4. The molecule has 7 nitrogen and oxygen atoms in total. The van der Waals surface area contributed by atoms with E-state index in [1.54, 1.807) is 18.3 Å². The molecule has 0 amide bonds. The summed E-state index contributed by atoms with van der Waals surface area (Å²) in [5.41, 5.74) is 6.76. The van der Waals surface area contributed by atoms with Crippen molar-refractivity contribution >= 4 is 25.4 Å². The van der Waals surface area contributed by atoms with E-state index in [9.17, 15) is 9.59 Å². The van der Waals surface area contributed by atoms with E-state index in [1.165, 1.54) is 6.33 Å². The normalized spacial score (nSPS) is 10.6. The fraction of sp³-hybridized carbons (Fsp3) is 0.214. The van der Waals surface area contributed by atoms with Gasteiger partial charge in [0.05, 0.1) is 18.4 Å². The van der Waals surface area contributed by atoms with Gasteiger partial charge in [0.2, 0.25) is 0 Å². The molecule has 22 heavy (non-hydrogen) atoms. The number of carboxylic acid groups (broad SMARTS) is 2. The molecule has 0 aliphatic rings. The molecule has 0 saturated carbocycles. The molecule has 0 spiro atoms. The van der Waals surface area contributed by atoms with Crippen molar-refractivity contribution in [2.45, 2.75) is 18.9 Å². The second-order valence-corrected chi connectivity index (χ2v) is 4.27. The zero-order chi connectivity index (χ0) is 15.7. The fourth-order valence-electron chi connectivity index (χ4n) is 1.49. The first-order valence-corrected chi connectivity index (χ1v) is 6.20. The molecule has 2 rings (SSSR count). The quantitative estimate of drug-likeness (QED) is 0.643. The van der Waals surface area contributed by atoms with Crippen LogP contribution >= 0.6 is 13.5 Å². The number of imidazole rings is 1. The van der Waals surface area contributed by atoms with Crippen molar-refractivity contribution in [3.63, 3.8) is 0 Å². The molecule has 120 valence electrons. The molecule has 0 fully saturated rings. The lowest BCUT2D eigenvalue weighted by molar-refractivity contribution is -0.138. The third-order valence-corrected chi connectivity index (χ3v) is 2.50. The molecule has 0 radical (unpaired) electrons. The summed E-state index contributed by atoms with van der Waals surface area (Å²) in [6, 6.07) is 8.27. The number of aromatic nitrogens is 2. The smallest absolute Gasteiger partial charge is 0.320 e. The number of benzene rings is 1. The monoisotopic (exact) mass is 325 g/mol. The fourth-order valence-corrected chi connectivity index (χ4v) is 1.49. The van der Waals surface area contributed by atoms with Gasteiger partial charge in [0.15, 0.2) is 0 Å². The van der Waals surface area contributed by atoms with Crippen LogP contribution in [0.15, 0.2) is 42.9 Å². The van der Waals surface area contributed by atoms with Crippen LogP contribution in [0.2, 0.25) is 0 Å². The molecule has 2 aromatic rings. The molecule has 8 heteroatoms. The standard InChI is InChI=1S/C8H8O2.C6H9N3O2.H2S/c9-8(10)6-7-4-2-1-3-5-7;7-5(6(10)11)1-4-2-8-3-9-4;/h1-5H,6H2,(H,9,10);2-3,5H,1,7H2,(H,8,9)(H,10,11);1H2. The maximum atomic E-state index is 10.3. The molecule has 1 aromatic carbocycles. The topological polar surface area (TPSA) is 129 Å². The number of aromatic amines is 1. The minimum absolute atomic E-state index is 0. The summed E-state index contributed by atoms with van der Waals surface area (Å²) in [4.78, 5) is 27.0. The van der Waals surface area contributed by atoms with Crippen LogP contribution in [0.1, 0.15) is 11.3 Å². The number of nitrogens with one attached hydrogen (secondary N) is 1. The zero-order valence-corrected chi connectivity index (χ0v) is 12.8. The first-order valence-electron chi connectivity index (χ1n) is 6.20. The SMILES string of the molecule is NC(Cc1c[nH]cn1)C(=O)O.O=C(O)Cc1ccccc1.S. The van der Waals surface area contributed by atoms with Crippen molar-refractivity contribution in [3.05, 3.63) is 54.1 Å². The van der Waals surface area contributed by atoms with E-state index >= 15 is 0 Å². The number of hydrogen-bond donors (Lipinski definition) is 4. The molecular formula is C14H19N3O4S. The Labute approximate surface area is 134 Å². The Morgan fingerprint density at radius 1 is 1.23 bits per heavy atom. The minimum Gasteiger partial charge on any atom is -0.481 e. The van der Waals surface area contributed by atoms with E-state index in [0.29, 0.717) is 5.69 Å². The van der Waals surface area contributed by atoms with Crippen LogP contribution in [0, 0.1) is 0 Å². The van der Waals surface area contributed by atoms with Crippen molar-refractivity contribution in [3.8, 4) is 0 Å². The Morgan fingerprint density at radius 3 is 2.32 bits per heavy atom. The predicted octanol–water partition coefficient (Wildman–Crippen LogP) is 0.791. The van der Waals surface area contributed by atoms with Crippen LogP contribution in [0.4, 0.5) is 0 Å². The summed E-state index contributed by atoms with van der Waals surface area (Å²) in [5, 5.41) is 16.8. The van der Waals surface area contributed by atoms with Crippen molar-refractivity contribution in [1.29, 1.82) is 0 Å². The van der Waals surface area contributed by atoms with Gasteiger partial charge in [-0.05, 0) is 5.56 Å². The summed E-state index contributed by atoms with van der Waals surface area (Å²) < 4.78 is 0. The Bertz CT molecular complexity index is 561. The van der Waals surface area contributed by atoms with Crippen LogP contribution in [0.5, 0.6) is 0 Å². The number of aliphatic carboxylic acids is 2. The van der Waals surface area contributed by atoms with Gasteiger partial charge in [-0.2, -0.15) is 13.5 Å². The highest BCUT2D eigenvalue weighted by atomic mass is 32.1. The highest BCUT2D eigenvalue weighted by molar-refractivity contribution is 7.59. The highest BCUT2D eigenvalue weighted by Crippen LogP contribution is 1.98. The molecule has 1 unspecified atom stereocenters. The summed E-state index contributed by atoms with van der Waals surface area (Å²) in [5.74, 6) is -1.79. The summed E-state index contributed by atoms with van der Waals surface area (Å²) in [6.45, 7) is 0. The maximum absolute atomic E-state index is 10.3. The van der Waals surface area contributed by atoms with E-state index in [1.807, 2.05) is 18.2 Å². The van der Waals surface area contributed by atoms with Gasteiger partial charge in [-0.1, -0.05) is 30.3 Å². The van der Waals surface area contributed by atoms with Crippen molar-refractivity contribution in [2.75, 3.05) is 0 Å². The second-order valence-electron chi connectivity index (χ2n) is 4.27. The highest BCUT2D eigenvalue weighted by Gasteiger charge is 2.12. The Morgan fingerprint density at radius 2 is 1.86 bits per heavy atom. The third-order valence-electron chi connectivity index (χ3n) is 2.50. The van der Waals surface area contributed by atoms with Gasteiger partial charge >= 0.3 is 11.9 Å². The number of rotatable bonds is 5. The van der Waals surface area contributed by atoms with Gasteiger partial charge in [0.1, 0.15) is 6.04 Å². The van der Waals surface area contributed by atoms with Crippen molar-refractivity contribution in [1.82, 2.24) is 9.97 Å². The third kappa shape index (κ3) is 8.08. The van der Waals surface area contributed by atoms with E-state index in [2.05, 4.69) is 9.97 Å². The average molecular weight is 325 g/mol. The summed E-state index contributed by atoms with van der Waals surface area (Å²) in [7, 11) is 0. The lowest BCUT2D eigenvalue weighted by atomic mass is 10.2. The Kier molecular flexibility index (Phi) is 9.31. The molecule has 1 aromatic heterocycles. The number of nitrogens with zero attached hydrogens (tertiary/aromatic N) is 1. The summed E-state index contributed by atoms with van der Waals surface area (Å²) >= 11 is 0. The first-order chi connectivity index (χ1) is 9.99. The molecule has 5 N–H and O–H groups in total. The average Bonchev–Trinajstić information content (AvgIpc) is 2.92. The Balaban J connectivity index is 0.000000385. The first kappa shape index (κ1) is 19.7. The molecular weight excluding hydrogens is 306 g/mol. The predicted molar refractivity (Wildman–Crippen MR) is 86.1 cm³/mol. The van der Waals surface area contributed by atoms with E-state index in [0.717, 1.165) is 5.56 Å². The number of hydrogen-bond acceptors (Lipinski definition) is 4. The lowest BCUT2D eigenvalue weighted by Gasteiger charge is -2.01. The molecule has 1 atom stereocenters. The van der Waals surface area contributed by atoms with Crippen LogP contribution < -0.4 is 5.73 Å². The van der Waals surface area contributed by atoms with E-state index in [-0.39, 0.29) is 26.3 Å². The van der Waals surface area contributed by atoms with Crippen LogP contribution in [-0.4, -0.2) is 38.2 Å². The van der Waals surface area contributed by atoms with Crippen LogP contribution in [-0.2, 0) is 22.4 Å². The molecule has 1 heterocycles. The van der Waals surface area contributed by atoms with Crippen molar-refractivity contribution in [2.24, 2.45) is 5.73 Å². The summed E-state index contributed by atoms with van der Waals surface area (Å²) in [6.07, 6.45) is 3.49. The van der Waals surface area contributed by atoms with Crippen LogP contribution in [0.25, 0.3) is 0 Å².